The van der Waals surface area contributed by atoms with Crippen LogP contribution in [-0.4, -0.2) is 6.61 Å². The van der Waals surface area contributed by atoms with Gasteiger partial charge >= 0.3 is 0 Å². The van der Waals surface area contributed by atoms with Gasteiger partial charge in [0, 0.05) is 12.2 Å². The second-order valence-electron chi connectivity index (χ2n) is 2.32. The number of alkyl halides is 2. The number of benzene rings is 1. The molecule has 0 aliphatic heterocycles. The number of ether oxygens (including phenoxy) is 1. The lowest BCUT2D eigenvalue weighted by Crippen LogP contribution is -2.14. The highest BCUT2D eigenvalue weighted by Crippen LogP contribution is 2.34. The lowest BCUT2D eigenvalue weighted by Gasteiger charge is -2.19. The summed E-state index contributed by atoms with van der Waals surface area (Å²) in [5.41, 5.74) is 0.759. The lowest BCUT2D eigenvalue weighted by atomic mass is 10.2. The molecule has 0 radical (unpaired) electrons. The highest BCUT2D eigenvalue weighted by Gasteiger charge is 2.25. The van der Waals surface area contributed by atoms with E-state index in [-0.39, 0.29) is 0 Å². The molecule has 1 aromatic carbocycles. The van der Waals surface area contributed by atoms with Crippen LogP contribution < -0.4 is 0 Å². The van der Waals surface area contributed by atoms with Crippen LogP contribution >= 0.6 is 23.2 Å². The molecule has 0 aliphatic rings. The first kappa shape index (κ1) is 9.85. The molecule has 3 heteroatoms. The topological polar surface area (TPSA) is 9.23 Å². The Hall–Kier alpha value is -0.240. The number of hydrogen-bond acceptors (Lipinski definition) is 1. The number of hydrogen-bond donors (Lipinski definition) is 0. The van der Waals surface area contributed by atoms with Crippen molar-refractivity contribution in [3.63, 3.8) is 0 Å². The first-order chi connectivity index (χ1) is 5.67. The van der Waals surface area contributed by atoms with E-state index in [0.29, 0.717) is 6.61 Å². The minimum absolute atomic E-state index is 0.488. The van der Waals surface area contributed by atoms with Crippen molar-refractivity contribution in [2.45, 2.75) is 11.4 Å². The Balaban J connectivity index is 2.82. The fourth-order valence-electron chi connectivity index (χ4n) is 0.897. The molecule has 0 atom stereocenters. The molecule has 12 heavy (non-hydrogen) atoms. The predicted octanol–water partition coefficient (Wildman–Crippen LogP) is 3.31. The minimum atomic E-state index is -1.21. The third kappa shape index (κ3) is 2.37. The quantitative estimate of drug-likeness (QED) is 0.687. The maximum Gasteiger partial charge on any atom is 0.244 e. The van der Waals surface area contributed by atoms with Crippen LogP contribution in [0.5, 0.6) is 0 Å². The van der Waals surface area contributed by atoms with Crippen LogP contribution in [0.2, 0.25) is 0 Å². The van der Waals surface area contributed by atoms with Gasteiger partial charge in [0.15, 0.2) is 0 Å². The van der Waals surface area contributed by atoms with Gasteiger partial charge in [0.1, 0.15) is 0 Å². The van der Waals surface area contributed by atoms with Crippen LogP contribution in [0.1, 0.15) is 12.5 Å². The molecule has 66 valence electrons. The standard InChI is InChI=1S/C9H10Cl2O/c1-2-12-9(10,11)8-6-4-3-5-7-8/h3-7H,2H2,1H3. The van der Waals surface area contributed by atoms with E-state index in [1.54, 1.807) is 0 Å². The molecular formula is C9H10Cl2O. The van der Waals surface area contributed by atoms with Crippen LogP contribution in [0.15, 0.2) is 30.3 Å². The molecule has 0 aliphatic carbocycles. The largest absolute Gasteiger partial charge is 0.343 e. The van der Waals surface area contributed by atoms with Crippen LogP contribution in [-0.2, 0) is 9.26 Å². The summed E-state index contributed by atoms with van der Waals surface area (Å²) in [5, 5.41) is 0. The van der Waals surface area contributed by atoms with Crippen molar-refractivity contribution in [2.75, 3.05) is 6.61 Å². The Morgan fingerprint density at radius 1 is 1.25 bits per heavy atom. The smallest absolute Gasteiger partial charge is 0.244 e. The van der Waals surface area contributed by atoms with Crippen LogP contribution in [0.3, 0.4) is 0 Å². The van der Waals surface area contributed by atoms with Crippen molar-refractivity contribution in [1.29, 1.82) is 0 Å². The molecule has 1 rings (SSSR count). The summed E-state index contributed by atoms with van der Waals surface area (Å²) in [7, 11) is 0. The van der Waals surface area contributed by atoms with Crippen molar-refractivity contribution in [3.05, 3.63) is 35.9 Å². The minimum Gasteiger partial charge on any atom is -0.343 e. The summed E-state index contributed by atoms with van der Waals surface area (Å²) in [6.07, 6.45) is 0. The molecule has 0 saturated carbocycles. The highest BCUT2D eigenvalue weighted by atomic mass is 35.5. The van der Waals surface area contributed by atoms with Crippen LogP contribution in [0, 0.1) is 0 Å². The van der Waals surface area contributed by atoms with Gasteiger partial charge in [-0.15, -0.1) is 0 Å². The lowest BCUT2D eigenvalue weighted by molar-refractivity contribution is 0.0881. The number of halogens is 2. The fraction of sp³-hybridized carbons (Fsp3) is 0.333. The van der Waals surface area contributed by atoms with Crippen molar-refractivity contribution in [1.82, 2.24) is 0 Å². The van der Waals surface area contributed by atoms with Crippen molar-refractivity contribution < 1.29 is 4.74 Å². The summed E-state index contributed by atoms with van der Waals surface area (Å²) < 4.78 is 3.93. The Bertz CT molecular complexity index is 234. The molecule has 1 nitrogen and oxygen atoms in total. The van der Waals surface area contributed by atoms with Gasteiger partial charge in [0.05, 0.1) is 0 Å². The first-order valence-corrected chi connectivity index (χ1v) is 4.49. The summed E-state index contributed by atoms with van der Waals surface area (Å²) >= 11 is 11.8. The normalized spacial score (nSPS) is 11.6. The van der Waals surface area contributed by atoms with E-state index in [1.165, 1.54) is 0 Å². The summed E-state index contributed by atoms with van der Waals surface area (Å²) in [5.74, 6) is 0. The van der Waals surface area contributed by atoms with Gasteiger partial charge in [-0.1, -0.05) is 53.5 Å². The van der Waals surface area contributed by atoms with E-state index in [2.05, 4.69) is 0 Å². The van der Waals surface area contributed by atoms with Crippen molar-refractivity contribution in [2.24, 2.45) is 0 Å². The molecular weight excluding hydrogens is 195 g/mol. The third-order valence-corrected chi connectivity index (χ3v) is 2.09. The molecule has 0 amide bonds. The third-order valence-electron chi connectivity index (χ3n) is 1.44. The van der Waals surface area contributed by atoms with Gasteiger partial charge in [-0.3, -0.25) is 0 Å². The monoisotopic (exact) mass is 204 g/mol. The molecule has 0 bridgehead atoms. The number of rotatable bonds is 3. The van der Waals surface area contributed by atoms with Crippen LogP contribution in [0.25, 0.3) is 0 Å². The van der Waals surface area contributed by atoms with Gasteiger partial charge in [-0.05, 0) is 6.92 Å². The summed E-state index contributed by atoms with van der Waals surface area (Å²) in [6.45, 7) is 2.34. The summed E-state index contributed by atoms with van der Waals surface area (Å²) in [4.78, 5) is 0. The Morgan fingerprint density at radius 2 is 1.83 bits per heavy atom. The van der Waals surface area contributed by atoms with E-state index in [4.69, 9.17) is 27.9 Å². The Kier molecular flexibility index (Phi) is 3.39. The maximum absolute atomic E-state index is 5.90. The molecule has 0 spiro atoms. The van der Waals surface area contributed by atoms with Crippen molar-refractivity contribution >= 4 is 23.2 Å². The van der Waals surface area contributed by atoms with E-state index in [9.17, 15) is 0 Å². The van der Waals surface area contributed by atoms with Gasteiger partial charge in [0.25, 0.3) is 0 Å². The predicted molar refractivity (Wildman–Crippen MR) is 51.5 cm³/mol. The fourth-order valence-corrected chi connectivity index (χ4v) is 1.37. The van der Waals surface area contributed by atoms with Gasteiger partial charge in [-0.25, -0.2) is 0 Å². The van der Waals surface area contributed by atoms with Gasteiger partial charge in [-0.2, -0.15) is 0 Å². The average molecular weight is 205 g/mol. The highest BCUT2D eigenvalue weighted by molar-refractivity contribution is 6.46. The molecule has 0 heterocycles. The zero-order chi connectivity index (χ0) is 9.03. The average Bonchev–Trinajstić information content (AvgIpc) is 2.06. The zero-order valence-electron chi connectivity index (χ0n) is 6.76. The first-order valence-electron chi connectivity index (χ1n) is 3.74. The van der Waals surface area contributed by atoms with Crippen molar-refractivity contribution in [3.8, 4) is 0 Å². The van der Waals surface area contributed by atoms with Gasteiger partial charge < -0.3 is 4.74 Å². The van der Waals surface area contributed by atoms with Crippen LogP contribution in [0.4, 0.5) is 0 Å². The van der Waals surface area contributed by atoms with E-state index in [0.717, 1.165) is 5.56 Å². The molecule has 1 aromatic rings. The Morgan fingerprint density at radius 3 is 2.33 bits per heavy atom. The molecule has 0 unspecified atom stereocenters. The second-order valence-corrected chi connectivity index (χ2v) is 3.57. The molecule has 0 fully saturated rings. The SMILES string of the molecule is CCOC(Cl)(Cl)c1ccccc1. The zero-order valence-corrected chi connectivity index (χ0v) is 8.27. The molecule has 0 saturated heterocycles. The van der Waals surface area contributed by atoms with E-state index >= 15 is 0 Å². The molecule has 0 N–H and O–H groups in total. The van der Waals surface area contributed by atoms with Gasteiger partial charge in [0.2, 0.25) is 4.52 Å². The second kappa shape index (κ2) is 4.13. The van der Waals surface area contributed by atoms with E-state index < -0.39 is 4.52 Å². The summed E-state index contributed by atoms with van der Waals surface area (Å²) in [6, 6.07) is 9.30. The Labute approximate surface area is 82.2 Å². The van der Waals surface area contributed by atoms with E-state index in [1.807, 2.05) is 37.3 Å². The maximum atomic E-state index is 5.90. The molecule has 0 aromatic heterocycles.